The van der Waals surface area contributed by atoms with Crippen molar-refractivity contribution in [3.8, 4) is 0 Å². The van der Waals surface area contributed by atoms with Crippen molar-refractivity contribution in [1.29, 1.82) is 0 Å². The summed E-state index contributed by atoms with van der Waals surface area (Å²) in [5.74, 6) is 3.04. The Morgan fingerprint density at radius 1 is 1.16 bits per heavy atom. The lowest BCUT2D eigenvalue weighted by Crippen LogP contribution is -2.61. The fraction of sp³-hybridized carbons (Fsp3) is 0.895. The average Bonchev–Trinajstić information content (AvgIpc) is 3.13. The second kappa shape index (κ2) is 8.12. The summed E-state index contributed by atoms with van der Waals surface area (Å²) < 4.78 is 0. The zero-order valence-corrected chi connectivity index (χ0v) is 16.7. The molecule has 4 heterocycles. The molecule has 0 aliphatic carbocycles. The van der Waals surface area contributed by atoms with Gasteiger partial charge in [0.05, 0.1) is 0 Å². The predicted octanol–water partition coefficient (Wildman–Crippen LogP) is 3.56. The van der Waals surface area contributed by atoms with E-state index in [0.717, 1.165) is 57.0 Å². The van der Waals surface area contributed by atoms with E-state index < -0.39 is 0 Å². The molecule has 6 heteroatoms. The number of amides is 2. The van der Waals surface area contributed by atoms with Crippen LogP contribution in [0.4, 0.5) is 0 Å². The quantitative estimate of drug-likeness (QED) is 0.538. The fourth-order valence-electron chi connectivity index (χ4n) is 5.18. The third-order valence-electron chi connectivity index (χ3n) is 6.43. The molecule has 0 N–H and O–H groups in total. The summed E-state index contributed by atoms with van der Waals surface area (Å²) in [6.07, 6.45) is 9.69. The Balaban J connectivity index is 1.25. The first-order valence-electron chi connectivity index (χ1n) is 10.1. The summed E-state index contributed by atoms with van der Waals surface area (Å²) >= 11 is 0. The molecule has 25 heavy (non-hydrogen) atoms. The monoisotopic (exact) mass is 382 g/mol. The Labute approximate surface area is 159 Å². The second-order valence-corrected chi connectivity index (χ2v) is 11.0. The lowest BCUT2D eigenvalue weighted by Gasteiger charge is -2.52. The summed E-state index contributed by atoms with van der Waals surface area (Å²) in [4.78, 5) is 29.2. The highest BCUT2D eigenvalue weighted by atomic mass is 33.1. The molecule has 4 aliphatic heterocycles. The van der Waals surface area contributed by atoms with Crippen molar-refractivity contribution in [1.82, 2.24) is 9.80 Å². The molecule has 4 rings (SSSR count). The summed E-state index contributed by atoms with van der Waals surface area (Å²) in [6.45, 7) is 2.65. The Hall–Kier alpha value is -0.360. The molecular formula is C19H30N2O2S2. The standard InChI is InChI=1S/C19H30N2O2S2/c22-18(6-2-1-4-16-8-9-24-25-16)20-11-14-10-15(13-20)17-5-3-7-19(23)21(17)12-14/h14-17H,1-13H2/t14-,15+,16?,17?/m1/s1. The molecule has 0 aromatic carbocycles. The minimum Gasteiger partial charge on any atom is -0.342 e. The van der Waals surface area contributed by atoms with Crippen LogP contribution in [0.5, 0.6) is 0 Å². The molecule has 4 fully saturated rings. The van der Waals surface area contributed by atoms with Gasteiger partial charge in [-0.2, -0.15) is 0 Å². The van der Waals surface area contributed by atoms with Crippen LogP contribution in [0.1, 0.15) is 57.8 Å². The van der Waals surface area contributed by atoms with Crippen LogP contribution in [0, 0.1) is 11.8 Å². The molecule has 4 aliphatic rings. The Morgan fingerprint density at radius 2 is 2.08 bits per heavy atom. The highest BCUT2D eigenvalue weighted by Gasteiger charge is 2.44. The molecule has 4 saturated heterocycles. The van der Waals surface area contributed by atoms with Gasteiger partial charge in [-0.25, -0.2) is 0 Å². The molecule has 0 aromatic rings. The van der Waals surface area contributed by atoms with Gasteiger partial charge in [0.1, 0.15) is 0 Å². The number of nitrogens with zero attached hydrogens (tertiary/aromatic N) is 2. The minimum absolute atomic E-state index is 0.355. The van der Waals surface area contributed by atoms with Gasteiger partial charge in [0.15, 0.2) is 0 Å². The number of carbonyl (C=O) groups excluding carboxylic acids is 2. The van der Waals surface area contributed by atoms with E-state index in [9.17, 15) is 9.59 Å². The van der Waals surface area contributed by atoms with E-state index in [-0.39, 0.29) is 0 Å². The van der Waals surface area contributed by atoms with E-state index in [2.05, 4.69) is 9.80 Å². The van der Waals surface area contributed by atoms with Crippen LogP contribution in [0.2, 0.25) is 0 Å². The van der Waals surface area contributed by atoms with Gasteiger partial charge in [0.2, 0.25) is 11.8 Å². The van der Waals surface area contributed by atoms with Crippen molar-refractivity contribution < 1.29 is 9.59 Å². The van der Waals surface area contributed by atoms with Crippen LogP contribution in [0.15, 0.2) is 0 Å². The smallest absolute Gasteiger partial charge is 0.222 e. The molecule has 0 radical (unpaired) electrons. The molecular weight excluding hydrogens is 352 g/mol. The van der Waals surface area contributed by atoms with Crippen LogP contribution in [-0.4, -0.2) is 58.3 Å². The van der Waals surface area contributed by atoms with Gasteiger partial charge >= 0.3 is 0 Å². The van der Waals surface area contributed by atoms with Gasteiger partial charge in [-0.1, -0.05) is 28.0 Å². The number of hydrogen-bond donors (Lipinski definition) is 0. The van der Waals surface area contributed by atoms with Crippen molar-refractivity contribution in [2.75, 3.05) is 25.4 Å². The van der Waals surface area contributed by atoms with Gasteiger partial charge < -0.3 is 9.80 Å². The van der Waals surface area contributed by atoms with E-state index in [1.54, 1.807) is 0 Å². The topological polar surface area (TPSA) is 40.6 Å². The third-order valence-corrected chi connectivity index (χ3v) is 9.43. The molecule has 2 amide bonds. The molecule has 4 atom stereocenters. The Kier molecular flexibility index (Phi) is 5.85. The molecule has 2 bridgehead atoms. The maximum absolute atomic E-state index is 12.7. The Bertz CT molecular complexity index is 510. The van der Waals surface area contributed by atoms with Crippen LogP contribution in [-0.2, 0) is 9.59 Å². The van der Waals surface area contributed by atoms with E-state index in [1.165, 1.54) is 31.4 Å². The molecule has 0 aromatic heterocycles. The number of fused-ring (bicyclic) bond motifs is 4. The highest BCUT2D eigenvalue weighted by Crippen LogP contribution is 2.40. The normalized spacial score (nSPS) is 35.0. The second-order valence-electron chi connectivity index (χ2n) is 8.24. The summed E-state index contributed by atoms with van der Waals surface area (Å²) in [6, 6.07) is 0.407. The van der Waals surface area contributed by atoms with E-state index in [0.29, 0.717) is 29.7 Å². The SMILES string of the molecule is O=C(CCCCC1CCSS1)N1C[C@H]2C[C@@H](C1)C1CCCC(=O)N1C2. The van der Waals surface area contributed by atoms with Gasteiger partial charge in [-0.3, -0.25) is 9.59 Å². The molecule has 0 spiro atoms. The lowest BCUT2D eigenvalue weighted by atomic mass is 9.76. The van der Waals surface area contributed by atoms with Crippen LogP contribution in [0.25, 0.3) is 0 Å². The zero-order valence-electron chi connectivity index (χ0n) is 15.0. The van der Waals surface area contributed by atoms with Gasteiger partial charge in [0, 0.05) is 49.5 Å². The first-order chi connectivity index (χ1) is 12.2. The predicted molar refractivity (Wildman–Crippen MR) is 104 cm³/mol. The van der Waals surface area contributed by atoms with Crippen molar-refractivity contribution in [3.05, 3.63) is 0 Å². The third kappa shape index (κ3) is 4.15. The van der Waals surface area contributed by atoms with Crippen molar-refractivity contribution in [2.24, 2.45) is 11.8 Å². The summed E-state index contributed by atoms with van der Waals surface area (Å²) in [5.41, 5.74) is 0. The number of unbranched alkanes of at least 4 members (excludes halogenated alkanes) is 1. The van der Waals surface area contributed by atoms with E-state index in [4.69, 9.17) is 0 Å². The van der Waals surface area contributed by atoms with E-state index in [1.807, 2.05) is 21.6 Å². The summed E-state index contributed by atoms with van der Waals surface area (Å²) in [7, 11) is 4.04. The van der Waals surface area contributed by atoms with Crippen molar-refractivity contribution in [3.63, 3.8) is 0 Å². The van der Waals surface area contributed by atoms with Crippen LogP contribution >= 0.6 is 21.6 Å². The first kappa shape index (κ1) is 18.0. The van der Waals surface area contributed by atoms with Gasteiger partial charge in [-0.05, 0) is 50.4 Å². The Morgan fingerprint density at radius 3 is 2.92 bits per heavy atom. The molecule has 4 nitrogen and oxygen atoms in total. The number of hydrogen-bond acceptors (Lipinski definition) is 4. The maximum atomic E-state index is 12.7. The maximum Gasteiger partial charge on any atom is 0.222 e. The minimum atomic E-state index is 0.355. The zero-order chi connectivity index (χ0) is 17.2. The lowest BCUT2D eigenvalue weighted by molar-refractivity contribution is -0.148. The number of carbonyl (C=O) groups is 2. The van der Waals surface area contributed by atoms with Crippen LogP contribution in [0.3, 0.4) is 0 Å². The number of likely N-dealkylation sites (tertiary alicyclic amines) is 1. The number of rotatable bonds is 5. The molecule has 0 saturated carbocycles. The molecule has 2 unspecified atom stereocenters. The first-order valence-corrected chi connectivity index (χ1v) is 12.4. The number of piperidine rings is 3. The largest absolute Gasteiger partial charge is 0.342 e. The van der Waals surface area contributed by atoms with Crippen molar-refractivity contribution in [2.45, 2.75) is 69.1 Å². The highest BCUT2D eigenvalue weighted by molar-refractivity contribution is 8.77. The van der Waals surface area contributed by atoms with Gasteiger partial charge in [0.25, 0.3) is 0 Å². The van der Waals surface area contributed by atoms with Gasteiger partial charge in [-0.15, -0.1) is 0 Å². The van der Waals surface area contributed by atoms with E-state index >= 15 is 0 Å². The van der Waals surface area contributed by atoms with Crippen LogP contribution < -0.4 is 0 Å². The average molecular weight is 383 g/mol. The van der Waals surface area contributed by atoms with Crippen molar-refractivity contribution >= 4 is 33.4 Å². The summed E-state index contributed by atoms with van der Waals surface area (Å²) in [5, 5.41) is 0.823. The molecule has 140 valence electrons. The fourth-order valence-corrected chi connectivity index (χ4v) is 8.21.